The summed E-state index contributed by atoms with van der Waals surface area (Å²) < 4.78 is 1.06. The lowest BCUT2D eigenvalue weighted by Crippen LogP contribution is -2.34. The molecule has 0 radical (unpaired) electrons. The minimum atomic E-state index is -0.796. The van der Waals surface area contributed by atoms with Gasteiger partial charge in [-0.2, -0.15) is 10.1 Å². The summed E-state index contributed by atoms with van der Waals surface area (Å²) in [6, 6.07) is 13.5. The van der Waals surface area contributed by atoms with E-state index in [4.69, 9.17) is 11.6 Å². The second-order valence-electron chi connectivity index (χ2n) is 5.91. The molecule has 0 spiro atoms. The van der Waals surface area contributed by atoms with Crippen LogP contribution in [0, 0.1) is 6.92 Å². The van der Waals surface area contributed by atoms with Crippen molar-refractivity contribution in [3.8, 4) is 11.3 Å². The van der Waals surface area contributed by atoms with Gasteiger partial charge in [-0.3, -0.25) is 4.79 Å². The third-order valence-electron chi connectivity index (χ3n) is 3.92. The highest BCUT2D eigenvalue weighted by Gasteiger charge is 2.18. The first kappa shape index (κ1) is 17.8. The van der Waals surface area contributed by atoms with Gasteiger partial charge in [0.2, 0.25) is 5.91 Å². The average molecular weight is 369 g/mol. The number of nitrogens with zero attached hydrogens (tertiary/aromatic N) is 3. The van der Waals surface area contributed by atoms with Gasteiger partial charge >= 0.3 is 5.69 Å². The Morgan fingerprint density at radius 3 is 2.38 bits per heavy atom. The van der Waals surface area contributed by atoms with E-state index < -0.39 is 11.7 Å². The average Bonchev–Trinajstić information content (AvgIpc) is 2.63. The van der Waals surface area contributed by atoms with Crippen LogP contribution in [0.4, 0.5) is 5.69 Å². The summed E-state index contributed by atoms with van der Waals surface area (Å²) in [5.74, 6) is -0.343. The summed E-state index contributed by atoms with van der Waals surface area (Å²) in [6.45, 7) is 3.56. The van der Waals surface area contributed by atoms with Crippen molar-refractivity contribution in [2.24, 2.45) is 0 Å². The highest BCUT2D eigenvalue weighted by atomic mass is 35.5. The molecule has 132 valence electrons. The van der Waals surface area contributed by atoms with Crippen molar-refractivity contribution in [2.45, 2.75) is 19.9 Å². The standard InChI is InChI=1S/C19H17ClN4O2/c1-12-3-9-16(10-4-12)22-18(25)13(2)24-19(26)23-17(11-21-24)14-5-7-15(20)8-6-14/h3-11,13H,1-2H3,(H,22,25)/t13-/m1/s1. The Bertz CT molecular complexity index is 982. The Morgan fingerprint density at radius 2 is 1.77 bits per heavy atom. The number of hydrogen-bond acceptors (Lipinski definition) is 4. The molecule has 0 aliphatic carbocycles. The molecule has 1 N–H and O–H groups in total. The van der Waals surface area contributed by atoms with Gasteiger partial charge < -0.3 is 5.32 Å². The maximum atomic E-state index is 12.4. The Balaban J connectivity index is 1.79. The minimum absolute atomic E-state index is 0.343. The van der Waals surface area contributed by atoms with Crippen LogP contribution in [-0.4, -0.2) is 20.7 Å². The van der Waals surface area contributed by atoms with Crippen LogP contribution in [0.3, 0.4) is 0 Å². The van der Waals surface area contributed by atoms with Gasteiger partial charge in [-0.05, 0) is 38.1 Å². The Hall–Kier alpha value is -2.99. The number of hydrogen-bond donors (Lipinski definition) is 1. The van der Waals surface area contributed by atoms with Gasteiger partial charge in [-0.15, -0.1) is 0 Å². The number of carbonyl (C=O) groups excluding carboxylic acids is 1. The third-order valence-corrected chi connectivity index (χ3v) is 4.17. The van der Waals surface area contributed by atoms with E-state index in [2.05, 4.69) is 15.4 Å². The van der Waals surface area contributed by atoms with Gasteiger partial charge in [0.05, 0.1) is 11.9 Å². The number of aryl methyl sites for hydroxylation is 1. The summed E-state index contributed by atoms with van der Waals surface area (Å²) in [5, 5.41) is 7.46. The molecule has 3 rings (SSSR count). The van der Waals surface area contributed by atoms with E-state index in [0.717, 1.165) is 15.8 Å². The number of nitrogens with one attached hydrogen (secondary N) is 1. The van der Waals surface area contributed by atoms with E-state index in [0.29, 0.717) is 16.4 Å². The molecule has 0 fully saturated rings. The lowest BCUT2D eigenvalue weighted by atomic mass is 10.2. The van der Waals surface area contributed by atoms with E-state index in [9.17, 15) is 9.59 Å². The molecule has 26 heavy (non-hydrogen) atoms. The molecule has 1 aromatic heterocycles. The van der Waals surface area contributed by atoms with Crippen LogP contribution in [0.15, 0.2) is 59.5 Å². The zero-order valence-corrected chi connectivity index (χ0v) is 15.1. The molecule has 0 aliphatic heterocycles. The molecule has 1 heterocycles. The molecule has 2 aromatic carbocycles. The van der Waals surface area contributed by atoms with Gasteiger partial charge in [-0.25, -0.2) is 9.48 Å². The SMILES string of the molecule is Cc1ccc(NC(=O)[C@@H](C)n2ncc(-c3ccc(Cl)cc3)nc2=O)cc1. The normalized spacial score (nSPS) is 11.8. The predicted molar refractivity (Wildman–Crippen MR) is 101 cm³/mol. The van der Waals surface area contributed by atoms with Crippen molar-refractivity contribution in [1.82, 2.24) is 14.8 Å². The first-order valence-electron chi connectivity index (χ1n) is 8.03. The van der Waals surface area contributed by atoms with E-state index >= 15 is 0 Å². The first-order valence-corrected chi connectivity index (χ1v) is 8.41. The van der Waals surface area contributed by atoms with Crippen LogP contribution >= 0.6 is 11.6 Å². The second kappa shape index (κ2) is 7.49. The molecule has 1 atom stereocenters. The van der Waals surface area contributed by atoms with Crippen LogP contribution in [-0.2, 0) is 4.79 Å². The molecule has 0 unspecified atom stereocenters. The van der Waals surface area contributed by atoms with Crippen molar-refractivity contribution in [3.63, 3.8) is 0 Å². The fourth-order valence-corrected chi connectivity index (χ4v) is 2.50. The van der Waals surface area contributed by atoms with Gasteiger partial charge in [0.25, 0.3) is 0 Å². The van der Waals surface area contributed by atoms with Crippen molar-refractivity contribution in [1.29, 1.82) is 0 Å². The Morgan fingerprint density at radius 1 is 1.12 bits per heavy atom. The van der Waals surface area contributed by atoms with Crippen LogP contribution in [0.2, 0.25) is 5.02 Å². The summed E-state index contributed by atoms with van der Waals surface area (Å²) in [6.07, 6.45) is 1.46. The maximum absolute atomic E-state index is 12.4. The van der Waals surface area contributed by atoms with Crippen molar-refractivity contribution in [3.05, 3.63) is 75.8 Å². The number of aromatic nitrogens is 3. The van der Waals surface area contributed by atoms with E-state index in [1.165, 1.54) is 6.20 Å². The van der Waals surface area contributed by atoms with E-state index in [-0.39, 0.29) is 5.91 Å². The number of halogens is 1. The molecule has 3 aromatic rings. The zero-order valence-electron chi connectivity index (χ0n) is 14.3. The maximum Gasteiger partial charge on any atom is 0.365 e. The van der Waals surface area contributed by atoms with Crippen LogP contribution in [0.1, 0.15) is 18.5 Å². The highest BCUT2D eigenvalue weighted by molar-refractivity contribution is 6.30. The first-order chi connectivity index (χ1) is 12.4. The largest absolute Gasteiger partial charge is 0.365 e. The fourth-order valence-electron chi connectivity index (χ4n) is 2.37. The molecule has 0 saturated carbocycles. The second-order valence-corrected chi connectivity index (χ2v) is 6.34. The molecular weight excluding hydrogens is 352 g/mol. The topological polar surface area (TPSA) is 76.9 Å². The predicted octanol–water partition coefficient (Wildman–Crippen LogP) is 3.47. The van der Waals surface area contributed by atoms with Gasteiger partial charge in [0.15, 0.2) is 0 Å². The van der Waals surface area contributed by atoms with E-state index in [1.54, 1.807) is 43.3 Å². The van der Waals surface area contributed by atoms with Crippen molar-refractivity contribution >= 4 is 23.2 Å². The number of benzene rings is 2. The van der Waals surface area contributed by atoms with Crippen LogP contribution in [0.25, 0.3) is 11.3 Å². The summed E-state index contributed by atoms with van der Waals surface area (Å²) in [5.41, 5.74) is 2.31. The molecule has 0 saturated heterocycles. The Labute approximate surface area is 155 Å². The molecular formula is C19H17ClN4O2. The summed E-state index contributed by atoms with van der Waals surface area (Å²) >= 11 is 5.86. The van der Waals surface area contributed by atoms with Gasteiger partial charge in [0, 0.05) is 16.3 Å². The lowest BCUT2D eigenvalue weighted by Gasteiger charge is -2.14. The highest BCUT2D eigenvalue weighted by Crippen LogP contribution is 2.18. The minimum Gasteiger partial charge on any atom is -0.324 e. The smallest absolute Gasteiger partial charge is 0.324 e. The molecule has 0 bridgehead atoms. The lowest BCUT2D eigenvalue weighted by molar-refractivity contribution is -0.119. The third kappa shape index (κ3) is 3.97. The van der Waals surface area contributed by atoms with Crippen molar-refractivity contribution < 1.29 is 4.79 Å². The Kier molecular flexibility index (Phi) is 5.14. The van der Waals surface area contributed by atoms with Crippen LogP contribution in [0.5, 0.6) is 0 Å². The number of carbonyl (C=O) groups is 1. The fraction of sp³-hybridized carbons (Fsp3) is 0.158. The molecule has 1 amide bonds. The van der Waals surface area contributed by atoms with Gasteiger partial charge in [0.1, 0.15) is 6.04 Å². The van der Waals surface area contributed by atoms with E-state index in [1.807, 2.05) is 19.1 Å². The van der Waals surface area contributed by atoms with Gasteiger partial charge in [-0.1, -0.05) is 41.4 Å². The van der Waals surface area contributed by atoms with Crippen molar-refractivity contribution in [2.75, 3.05) is 5.32 Å². The molecule has 7 heteroatoms. The number of amides is 1. The number of anilines is 1. The number of rotatable bonds is 4. The monoisotopic (exact) mass is 368 g/mol. The molecule has 0 aliphatic rings. The van der Waals surface area contributed by atoms with Crippen LogP contribution < -0.4 is 11.0 Å². The molecule has 6 nitrogen and oxygen atoms in total. The zero-order chi connectivity index (χ0) is 18.7. The summed E-state index contributed by atoms with van der Waals surface area (Å²) in [7, 11) is 0. The quantitative estimate of drug-likeness (QED) is 0.765. The summed E-state index contributed by atoms with van der Waals surface area (Å²) in [4.78, 5) is 28.7.